The van der Waals surface area contributed by atoms with Gasteiger partial charge < -0.3 is 15.2 Å². The predicted molar refractivity (Wildman–Crippen MR) is 97.6 cm³/mol. The van der Waals surface area contributed by atoms with Gasteiger partial charge in [-0.05, 0) is 17.7 Å². The van der Waals surface area contributed by atoms with Crippen molar-refractivity contribution in [3.63, 3.8) is 0 Å². The van der Waals surface area contributed by atoms with Crippen molar-refractivity contribution in [1.82, 2.24) is 14.9 Å². The summed E-state index contributed by atoms with van der Waals surface area (Å²) in [4.78, 5) is 28.7. The third-order valence-corrected chi connectivity index (χ3v) is 4.65. The number of hydrogen-bond donors (Lipinski definition) is 2. The van der Waals surface area contributed by atoms with Gasteiger partial charge in [0.2, 0.25) is 5.91 Å². The van der Waals surface area contributed by atoms with Crippen LogP contribution < -0.4 is 10.6 Å². The molecule has 0 spiro atoms. The summed E-state index contributed by atoms with van der Waals surface area (Å²) in [5.74, 6) is 0.376. The molecule has 0 bridgehead atoms. The van der Waals surface area contributed by atoms with Crippen LogP contribution in [0.2, 0.25) is 0 Å². The molecule has 0 aliphatic carbocycles. The van der Waals surface area contributed by atoms with Gasteiger partial charge in [0.1, 0.15) is 11.9 Å². The number of amides is 2. The van der Waals surface area contributed by atoms with E-state index < -0.39 is 0 Å². The summed E-state index contributed by atoms with van der Waals surface area (Å²) in [6, 6.07) is 12.8. The largest absolute Gasteiger partial charge is 0.337 e. The number of nitrogens with one attached hydrogen (secondary N) is 2. The Kier molecular flexibility index (Phi) is 4.95. The number of nitrogens with zero attached hydrogens (tertiary/aromatic N) is 2. The van der Waals surface area contributed by atoms with Crippen molar-refractivity contribution >= 4 is 28.2 Å². The maximum absolute atomic E-state index is 12.7. The molecule has 1 aromatic carbocycles. The number of aryl methyl sites for hydroxylation is 1. The molecule has 3 rings (SSSR count). The van der Waals surface area contributed by atoms with E-state index in [1.807, 2.05) is 48.1 Å². The highest BCUT2D eigenvalue weighted by atomic mass is 32.1. The lowest BCUT2D eigenvalue weighted by Crippen LogP contribution is -2.30. The molecule has 0 fully saturated rings. The summed E-state index contributed by atoms with van der Waals surface area (Å²) in [6.07, 6.45) is 3.55. The second kappa shape index (κ2) is 7.31. The van der Waals surface area contributed by atoms with Gasteiger partial charge in [0.15, 0.2) is 0 Å². The molecule has 0 aliphatic rings. The maximum Gasteiger partial charge on any atom is 0.262 e. The smallest absolute Gasteiger partial charge is 0.262 e. The molecule has 0 unspecified atom stereocenters. The summed E-state index contributed by atoms with van der Waals surface area (Å²) < 4.78 is 1.88. The van der Waals surface area contributed by atoms with Crippen LogP contribution in [0.15, 0.2) is 54.9 Å². The van der Waals surface area contributed by atoms with Gasteiger partial charge in [0.05, 0.1) is 9.88 Å². The van der Waals surface area contributed by atoms with E-state index in [2.05, 4.69) is 15.6 Å². The Morgan fingerprint density at radius 2 is 1.92 bits per heavy atom. The van der Waals surface area contributed by atoms with Crippen LogP contribution in [0, 0.1) is 0 Å². The number of anilines is 1. The topological polar surface area (TPSA) is 76.0 Å². The molecular weight excluding hydrogens is 336 g/mol. The molecule has 2 N–H and O–H groups in total. The highest BCUT2D eigenvalue weighted by molar-refractivity contribution is 7.18. The molecule has 0 aliphatic heterocycles. The molecule has 6 nitrogen and oxygen atoms in total. The van der Waals surface area contributed by atoms with E-state index in [1.54, 1.807) is 18.3 Å². The van der Waals surface area contributed by atoms with Crippen LogP contribution in [0.3, 0.4) is 0 Å². The van der Waals surface area contributed by atoms with Gasteiger partial charge in [-0.3, -0.25) is 9.59 Å². The first kappa shape index (κ1) is 16.9. The average Bonchev–Trinajstić information content (AvgIpc) is 3.22. The van der Waals surface area contributed by atoms with Gasteiger partial charge in [-0.1, -0.05) is 30.3 Å². The second-order valence-corrected chi connectivity index (χ2v) is 6.64. The average molecular weight is 354 g/mol. The maximum atomic E-state index is 12.7. The summed E-state index contributed by atoms with van der Waals surface area (Å²) in [5.41, 5.74) is 0.948. The van der Waals surface area contributed by atoms with Crippen molar-refractivity contribution in [3.05, 3.63) is 71.1 Å². The molecule has 3 aromatic rings. The van der Waals surface area contributed by atoms with Gasteiger partial charge in [0.25, 0.3) is 5.91 Å². The van der Waals surface area contributed by atoms with E-state index >= 15 is 0 Å². The second-order valence-electron chi connectivity index (χ2n) is 5.56. The molecular formula is C18H18N4O2S. The van der Waals surface area contributed by atoms with Gasteiger partial charge in [0, 0.05) is 26.4 Å². The third kappa shape index (κ3) is 3.95. The van der Waals surface area contributed by atoms with Crippen molar-refractivity contribution in [2.75, 3.05) is 5.32 Å². The minimum atomic E-state index is -0.361. The van der Waals surface area contributed by atoms with Gasteiger partial charge in [-0.15, -0.1) is 11.3 Å². The highest BCUT2D eigenvalue weighted by Crippen LogP contribution is 2.25. The highest BCUT2D eigenvalue weighted by Gasteiger charge is 2.22. The molecule has 128 valence electrons. The van der Waals surface area contributed by atoms with Crippen LogP contribution in [0.25, 0.3) is 0 Å². The number of carbonyl (C=O) groups is 2. The SMILES string of the molecule is CC(=O)Nc1ccc(C(=O)N[C@@H](c2ccccc2)c2nccn2C)s1. The molecule has 2 amide bonds. The van der Waals surface area contributed by atoms with E-state index in [0.717, 1.165) is 11.4 Å². The number of thiophene rings is 1. The van der Waals surface area contributed by atoms with Gasteiger partial charge >= 0.3 is 0 Å². The number of benzene rings is 1. The minimum Gasteiger partial charge on any atom is -0.337 e. The Hall–Kier alpha value is -2.93. The fourth-order valence-corrected chi connectivity index (χ4v) is 3.36. The molecule has 25 heavy (non-hydrogen) atoms. The fraction of sp³-hybridized carbons (Fsp3) is 0.167. The minimum absolute atomic E-state index is 0.163. The Morgan fingerprint density at radius 1 is 1.16 bits per heavy atom. The quantitative estimate of drug-likeness (QED) is 0.740. The van der Waals surface area contributed by atoms with Crippen molar-refractivity contribution in [3.8, 4) is 0 Å². The molecule has 0 saturated heterocycles. The number of hydrogen-bond acceptors (Lipinski definition) is 4. The number of carbonyl (C=O) groups excluding carboxylic acids is 2. The first-order valence-electron chi connectivity index (χ1n) is 7.75. The Bertz CT molecular complexity index is 885. The predicted octanol–water partition coefficient (Wildman–Crippen LogP) is 2.96. The molecule has 7 heteroatoms. The lowest BCUT2D eigenvalue weighted by atomic mass is 10.1. The van der Waals surface area contributed by atoms with Crippen LogP contribution >= 0.6 is 11.3 Å². The van der Waals surface area contributed by atoms with Crippen LogP contribution in [-0.2, 0) is 11.8 Å². The molecule has 2 aromatic heterocycles. The number of aromatic nitrogens is 2. The van der Waals surface area contributed by atoms with Crippen LogP contribution in [0.5, 0.6) is 0 Å². The lowest BCUT2D eigenvalue weighted by Gasteiger charge is -2.18. The van der Waals surface area contributed by atoms with Crippen LogP contribution in [-0.4, -0.2) is 21.4 Å². The zero-order chi connectivity index (χ0) is 17.8. The Morgan fingerprint density at radius 3 is 2.56 bits per heavy atom. The molecule has 0 radical (unpaired) electrons. The van der Waals surface area contributed by atoms with Crippen molar-refractivity contribution in [2.45, 2.75) is 13.0 Å². The zero-order valence-electron chi connectivity index (χ0n) is 13.9. The summed E-state index contributed by atoms with van der Waals surface area (Å²) in [5, 5.41) is 6.36. The van der Waals surface area contributed by atoms with Crippen LogP contribution in [0.1, 0.15) is 34.0 Å². The lowest BCUT2D eigenvalue weighted by molar-refractivity contribution is -0.114. The van der Waals surface area contributed by atoms with Crippen molar-refractivity contribution in [2.24, 2.45) is 7.05 Å². The Balaban J connectivity index is 1.85. The molecule has 1 atom stereocenters. The third-order valence-electron chi connectivity index (χ3n) is 3.65. The summed E-state index contributed by atoms with van der Waals surface area (Å²) >= 11 is 1.24. The Labute approximate surface area is 149 Å². The van der Waals surface area contributed by atoms with Gasteiger partial charge in [-0.2, -0.15) is 0 Å². The van der Waals surface area contributed by atoms with E-state index in [4.69, 9.17) is 0 Å². The number of rotatable bonds is 5. The molecule has 2 heterocycles. The van der Waals surface area contributed by atoms with E-state index in [9.17, 15) is 9.59 Å². The van der Waals surface area contributed by atoms with Gasteiger partial charge in [-0.25, -0.2) is 4.98 Å². The van der Waals surface area contributed by atoms with E-state index in [1.165, 1.54) is 18.3 Å². The standard InChI is InChI=1S/C18H18N4O2S/c1-12(23)20-15-9-8-14(25-15)18(24)21-16(13-6-4-3-5-7-13)17-19-10-11-22(17)2/h3-11,16H,1-2H3,(H,20,23)(H,21,24)/t16-/m0/s1. The number of imidazole rings is 1. The monoisotopic (exact) mass is 354 g/mol. The first-order valence-corrected chi connectivity index (χ1v) is 8.56. The first-order chi connectivity index (χ1) is 12.0. The molecule has 0 saturated carbocycles. The normalized spacial score (nSPS) is 11.8. The summed E-state index contributed by atoms with van der Waals surface area (Å²) in [6.45, 7) is 1.44. The fourth-order valence-electron chi connectivity index (χ4n) is 2.50. The van der Waals surface area contributed by atoms with Crippen molar-refractivity contribution in [1.29, 1.82) is 0 Å². The van der Waals surface area contributed by atoms with Crippen molar-refractivity contribution < 1.29 is 9.59 Å². The van der Waals surface area contributed by atoms with E-state index in [0.29, 0.717) is 9.88 Å². The van der Waals surface area contributed by atoms with E-state index in [-0.39, 0.29) is 17.9 Å². The summed E-state index contributed by atoms with van der Waals surface area (Å²) in [7, 11) is 1.89. The van der Waals surface area contributed by atoms with Crippen LogP contribution in [0.4, 0.5) is 5.00 Å². The zero-order valence-corrected chi connectivity index (χ0v) is 14.7.